The van der Waals surface area contributed by atoms with Crippen molar-refractivity contribution in [3.05, 3.63) is 0 Å². The molecule has 0 heterocycles. The Morgan fingerprint density at radius 1 is 1.67 bits per heavy atom. The molecule has 0 amide bonds. The predicted octanol–water partition coefficient (Wildman–Crippen LogP) is -0.134. The maximum Gasteiger partial charge on any atom is 3.00 e. The van der Waals surface area contributed by atoms with E-state index in [1.165, 1.54) is 20.7 Å². The molecule has 0 aromatic carbocycles. The first-order chi connectivity index (χ1) is 3.48. The molecular formula is C4H10AlO3P+2. The van der Waals surface area contributed by atoms with E-state index < -0.39 is 13.2 Å². The second-order valence-corrected chi connectivity index (χ2v) is 4.29. The first-order valence-electron chi connectivity index (χ1n) is 2.29. The van der Waals surface area contributed by atoms with Crippen LogP contribution in [0.3, 0.4) is 0 Å². The second-order valence-electron chi connectivity index (χ2n) is 1.74. The monoisotopic (exact) mass is 164 g/mol. The third kappa shape index (κ3) is 5.14. The predicted molar refractivity (Wildman–Crippen MR) is 35.8 cm³/mol. The summed E-state index contributed by atoms with van der Waals surface area (Å²) >= 11 is 0. The largest absolute Gasteiger partial charge is 3.00 e. The molecule has 2 atom stereocenters. The zero-order chi connectivity index (χ0) is 6.78. The summed E-state index contributed by atoms with van der Waals surface area (Å²) in [5.74, 6) is -0.650. The molecule has 0 radical (unpaired) electrons. The topological polar surface area (TPSA) is 49.4 Å². The molecular weight excluding hydrogens is 154 g/mol. The van der Waals surface area contributed by atoms with E-state index in [0.717, 1.165) is 0 Å². The van der Waals surface area contributed by atoms with E-state index in [-0.39, 0.29) is 17.4 Å². The maximum absolute atomic E-state index is 10.5. The zero-order valence-electron chi connectivity index (χ0n) is 5.83. The van der Waals surface area contributed by atoms with Crippen LogP contribution in [0.5, 0.6) is 0 Å². The van der Waals surface area contributed by atoms with E-state index in [1.54, 1.807) is 0 Å². The van der Waals surface area contributed by atoms with Crippen molar-refractivity contribution in [3.63, 3.8) is 0 Å². The molecule has 0 spiro atoms. The summed E-state index contributed by atoms with van der Waals surface area (Å²) in [7, 11) is -1.86. The minimum absolute atomic E-state index is 0. The SMILES string of the molecule is COC(C)P(C)(=O)[O-].[Al+3]. The quantitative estimate of drug-likeness (QED) is 0.421. The number of methoxy groups -OCH3 is 1. The van der Waals surface area contributed by atoms with Gasteiger partial charge in [-0.05, 0) is 13.6 Å². The van der Waals surface area contributed by atoms with Crippen LogP contribution in [-0.2, 0) is 9.30 Å². The summed E-state index contributed by atoms with van der Waals surface area (Å²) in [6, 6.07) is 0. The molecule has 9 heavy (non-hydrogen) atoms. The Kier molecular flexibility index (Phi) is 6.17. The Balaban J connectivity index is 0. The third-order valence-corrected chi connectivity index (χ3v) is 2.53. The van der Waals surface area contributed by atoms with E-state index >= 15 is 0 Å². The molecule has 0 saturated heterocycles. The summed E-state index contributed by atoms with van der Waals surface area (Å²) in [6.45, 7) is 2.68. The van der Waals surface area contributed by atoms with Gasteiger partial charge >= 0.3 is 17.4 Å². The summed E-state index contributed by atoms with van der Waals surface area (Å²) in [5.41, 5.74) is 0. The molecule has 0 aromatic rings. The molecule has 0 aliphatic carbocycles. The minimum atomic E-state index is -3.23. The van der Waals surface area contributed by atoms with Gasteiger partial charge in [-0.15, -0.1) is 0 Å². The van der Waals surface area contributed by atoms with Crippen LogP contribution in [0.2, 0.25) is 0 Å². The van der Waals surface area contributed by atoms with Crippen LogP contribution >= 0.6 is 7.37 Å². The van der Waals surface area contributed by atoms with Crippen molar-refractivity contribution in [3.8, 4) is 0 Å². The molecule has 0 fully saturated rings. The van der Waals surface area contributed by atoms with E-state index in [0.29, 0.717) is 0 Å². The molecule has 50 valence electrons. The Hall–Kier alpha value is 0.682. The van der Waals surface area contributed by atoms with Gasteiger partial charge < -0.3 is 14.2 Å². The first-order valence-corrected chi connectivity index (χ1v) is 4.43. The van der Waals surface area contributed by atoms with Gasteiger partial charge in [-0.25, -0.2) is 0 Å². The van der Waals surface area contributed by atoms with Crippen molar-refractivity contribution in [2.24, 2.45) is 0 Å². The number of hydrogen-bond donors (Lipinski definition) is 0. The molecule has 0 N–H and O–H groups in total. The van der Waals surface area contributed by atoms with E-state index in [9.17, 15) is 9.46 Å². The maximum atomic E-state index is 10.5. The van der Waals surface area contributed by atoms with Gasteiger partial charge in [0.1, 0.15) is 0 Å². The zero-order valence-corrected chi connectivity index (χ0v) is 7.88. The average Bonchev–Trinajstić information content (AvgIpc) is 1.62. The fourth-order valence-corrected chi connectivity index (χ4v) is 0.574. The van der Waals surface area contributed by atoms with Crippen LogP contribution in [0.15, 0.2) is 0 Å². The molecule has 0 aliphatic heterocycles. The van der Waals surface area contributed by atoms with Crippen molar-refractivity contribution in [2.45, 2.75) is 12.8 Å². The van der Waals surface area contributed by atoms with Crippen molar-refractivity contribution in [1.29, 1.82) is 0 Å². The first kappa shape index (κ1) is 12.4. The molecule has 5 heteroatoms. The van der Waals surface area contributed by atoms with Crippen LogP contribution < -0.4 is 4.89 Å². The molecule has 0 aromatic heterocycles. The van der Waals surface area contributed by atoms with Crippen molar-refractivity contribution in [1.82, 2.24) is 0 Å². The molecule has 0 saturated carbocycles. The number of hydrogen-bond acceptors (Lipinski definition) is 3. The normalized spacial score (nSPS) is 19.6. The smallest absolute Gasteiger partial charge is 0.798 e. The van der Waals surface area contributed by atoms with Crippen LogP contribution in [-0.4, -0.2) is 37.0 Å². The van der Waals surface area contributed by atoms with E-state index in [1.807, 2.05) is 0 Å². The van der Waals surface area contributed by atoms with Gasteiger partial charge in [0.25, 0.3) is 0 Å². The summed E-state index contributed by atoms with van der Waals surface area (Å²) in [6.07, 6.45) is 0. The van der Waals surface area contributed by atoms with Gasteiger partial charge in [0.05, 0.1) is 5.85 Å². The van der Waals surface area contributed by atoms with Crippen LogP contribution in [0.1, 0.15) is 6.92 Å². The molecule has 0 bridgehead atoms. The van der Waals surface area contributed by atoms with Gasteiger partial charge in [-0.2, -0.15) is 0 Å². The van der Waals surface area contributed by atoms with Gasteiger partial charge in [0.2, 0.25) is 0 Å². The summed E-state index contributed by atoms with van der Waals surface area (Å²) in [5, 5.41) is 0. The van der Waals surface area contributed by atoms with Gasteiger partial charge in [-0.3, -0.25) is 0 Å². The average molecular weight is 164 g/mol. The van der Waals surface area contributed by atoms with Crippen LogP contribution in [0.4, 0.5) is 0 Å². The van der Waals surface area contributed by atoms with Crippen LogP contribution in [0.25, 0.3) is 0 Å². The van der Waals surface area contributed by atoms with Crippen molar-refractivity contribution >= 4 is 24.7 Å². The summed E-state index contributed by atoms with van der Waals surface area (Å²) < 4.78 is 15.0. The van der Waals surface area contributed by atoms with E-state index in [4.69, 9.17) is 0 Å². The summed E-state index contributed by atoms with van der Waals surface area (Å²) in [4.78, 5) is 10.5. The van der Waals surface area contributed by atoms with Crippen molar-refractivity contribution in [2.75, 3.05) is 13.8 Å². The Bertz CT molecular complexity index is 110. The molecule has 0 aliphatic rings. The third-order valence-electron chi connectivity index (χ3n) is 1.00. The Morgan fingerprint density at radius 2 is 2.00 bits per heavy atom. The Morgan fingerprint density at radius 3 is 2.00 bits per heavy atom. The molecule has 0 rings (SSSR count). The van der Waals surface area contributed by atoms with Crippen LogP contribution in [0, 0.1) is 0 Å². The molecule has 2 unspecified atom stereocenters. The van der Waals surface area contributed by atoms with Crippen molar-refractivity contribution < 1.29 is 14.2 Å². The standard InChI is InChI=1S/C4H11O3P.Al/c1-4(7-2)8(3,5)6;/h4H,1-3H3,(H,5,6);/q;+3/p-1. The number of ether oxygens (including phenoxy) is 1. The minimum Gasteiger partial charge on any atom is -0.798 e. The number of rotatable bonds is 2. The fraction of sp³-hybridized carbons (Fsp3) is 1.00. The van der Waals surface area contributed by atoms with Gasteiger partial charge in [-0.1, -0.05) is 0 Å². The van der Waals surface area contributed by atoms with Gasteiger partial charge in [0, 0.05) is 14.5 Å². The second kappa shape index (κ2) is 4.49. The van der Waals surface area contributed by atoms with E-state index in [2.05, 4.69) is 4.74 Å². The van der Waals surface area contributed by atoms with Gasteiger partial charge in [0.15, 0.2) is 0 Å². The molecule has 3 nitrogen and oxygen atoms in total. The Labute approximate surface area is 66.0 Å². The fourth-order valence-electron chi connectivity index (χ4n) is 0.191.